The molecule has 0 fully saturated rings. The molecule has 1 aromatic rings. The third-order valence-corrected chi connectivity index (χ3v) is 3.44. The summed E-state index contributed by atoms with van der Waals surface area (Å²) in [6.07, 6.45) is 0.877. The zero-order valence-electron chi connectivity index (χ0n) is 12.5. The third-order valence-electron chi connectivity index (χ3n) is 3.44. The van der Waals surface area contributed by atoms with E-state index in [4.69, 9.17) is 9.84 Å². The number of alkyl carbamates (subject to hydrolysis) is 1. The van der Waals surface area contributed by atoms with Crippen molar-refractivity contribution in [3.05, 3.63) is 35.9 Å². The normalized spacial score (nSPS) is 13.2. The summed E-state index contributed by atoms with van der Waals surface area (Å²) in [4.78, 5) is 22.7. The molecule has 1 aromatic carbocycles. The Morgan fingerprint density at radius 3 is 2.52 bits per heavy atom. The molecule has 1 rings (SSSR count). The first-order valence-electron chi connectivity index (χ1n) is 7.20. The van der Waals surface area contributed by atoms with Gasteiger partial charge in [0.15, 0.2) is 0 Å². The van der Waals surface area contributed by atoms with Crippen molar-refractivity contribution >= 4 is 12.1 Å². The molecule has 0 aliphatic rings. The molecule has 0 saturated carbocycles. The van der Waals surface area contributed by atoms with E-state index in [1.54, 1.807) is 0 Å². The number of hydrogen-bond acceptors (Lipinski definition) is 3. The maximum absolute atomic E-state index is 11.6. The van der Waals surface area contributed by atoms with E-state index in [-0.39, 0.29) is 13.2 Å². The van der Waals surface area contributed by atoms with Crippen molar-refractivity contribution in [3.8, 4) is 0 Å². The molecule has 0 aliphatic heterocycles. The average Bonchev–Trinajstić information content (AvgIpc) is 2.49. The number of carboxylic acid groups (broad SMARTS) is 1. The molecule has 21 heavy (non-hydrogen) atoms. The van der Waals surface area contributed by atoms with Gasteiger partial charge >= 0.3 is 12.1 Å². The molecular weight excluding hydrogens is 270 g/mol. The summed E-state index contributed by atoms with van der Waals surface area (Å²) in [5, 5.41) is 11.7. The lowest BCUT2D eigenvalue weighted by atomic mass is 9.94. The van der Waals surface area contributed by atoms with Crippen LogP contribution in [-0.4, -0.2) is 23.7 Å². The van der Waals surface area contributed by atoms with Gasteiger partial charge in [0, 0.05) is 6.54 Å². The molecule has 5 heteroatoms. The first-order valence-corrected chi connectivity index (χ1v) is 7.20. The number of nitrogens with one attached hydrogen (secondary N) is 1. The summed E-state index contributed by atoms with van der Waals surface area (Å²) in [6, 6.07) is 9.33. The van der Waals surface area contributed by atoms with Crippen LogP contribution in [0.5, 0.6) is 0 Å². The van der Waals surface area contributed by atoms with Gasteiger partial charge in [-0.25, -0.2) is 4.79 Å². The van der Waals surface area contributed by atoms with E-state index >= 15 is 0 Å². The second kappa shape index (κ2) is 9.00. The highest BCUT2D eigenvalue weighted by atomic mass is 16.5. The third kappa shape index (κ3) is 6.79. The molecule has 2 N–H and O–H groups in total. The van der Waals surface area contributed by atoms with Gasteiger partial charge in [-0.2, -0.15) is 0 Å². The highest BCUT2D eigenvalue weighted by Crippen LogP contribution is 2.15. The summed E-state index contributed by atoms with van der Waals surface area (Å²) < 4.78 is 5.05. The van der Waals surface area contributed by atoms with E-state index in [1.165, 1.54) is 0 Å². The predicted octanol–water partition coefficient (Wildman–Crippen LogP) is 3.05. The Morgan fingerprint density at radius 1 is 1.29 bits per heavy atom. The average molecular weight is 293 g/mol. The van der Waals surface area contributed by atoms with Gasteiger partial charge in [0.05, 0.1) is 5.92 Å². The predicted molar refractivity (Wildman–Crippen MR) is 79.8 cm³/mol. The number of carbonyl (C=O) groups excluding carboxylic acids is 1. The summed E-state index contributed by atoms with van der Waals surface area (Å²) in [7, 11) is 0. The largest absolute Gasteiger partial charge is 0.481 e. The van der Waals surface area contributed by atoms with Crippen LogP contribution in [0.1, 0.15) is 32.3 Å². The summed E-state index contributed by atoms with van der Waals surface area (Å²) in [5.41, 5.74) is 0.891. The van der Waals surface area contributed by atoms with Crippen LogP contribution in [0.15, 0.2) is 30.3 Å². The molecule has 0 radical (unpaired) electrons. The Hall–Kier alpha value is -2.04. The first-order chi connectivity index (χ1) is 10.0. The van der Waals surface area contributed by atoms with Gasteiger partial charge < -0.3 is 15.2 Å². The van der Waals surface area contributed by atoms with Gasteiger partial charge in [0.25, 0.3) is 0 Å². The molecule has 0 aliphatic carbocycles. The minimum atomic E-state index is -0.890. The van der Waals surface area contributed by atoms with E-state index in [2.05, 4.69) is 5.32 Å². The zero-order valence-corrected chi connectivity index (χ0v) is 12.5. The van der Waals surface area contributed by atoms with Crippen molar-refractivity contribution in [2.24, 2.45) is 11.8 Å². The summed E-state index contributed by atoms with van der Waals surface area (Å²) in [6.45, 7) is 4.29. The fourth-order valence-electron chi connectivity index (χ4n) is 1.90. The number of ether oxygens (including phenoxy) is 1. The number of rotatable bonds is 8. The van der Waals surface area contributed by atoms with Gasteiger partial charge in [-0.05, 0) is 17.9 Å². The van der Waals surface area contributed by atoms with Crippen LogP contribution < -0.4 is 5.32 Å². The first kappa shape index (κ1) is 17.0. The maximum Gasteiger partial charge on any atom is 0.407 e. The van der Waals surface area contributed by atoms with Crippen LogP contribution in [0, 0.1) is 11.8 Å². The Bertz CT molecular complexity index is 447. The fourth-order valence-corrected chi connectivity index (χ4v) is 1.90. The van der Waals surface area contributed by atoms with Gasteiger partial charge in [-0.1, -0.05) is 50.6 Å². The molecular formula is C16H23NO4. The molecule has 116 valence electrons. The van der Waals surface area contributed by atoms with Crippen molar-refractivity contribution in [1.29, 1.82) is 0 Å². The molecule has 0 spiro atoms. The second-order valence-corrected chi connectivity index (χ2v) is 5.23. The van der Waals surface area contributed by atoms with Crippen molar-refractivity contribution in [3.63, 3.8) is 0 Å². The maximum atomic E-state index is 11.6. The van der Waals surface area contributed by atoms with Crippen LogP contribution in [-0.2, 0) is 16.1 Å². The van der Waals surface area contributed by atoms with Gasteiger partial charge in [0.1, 0.15) is 6.61 Å². The van der Waals surface area contributed by atoms with Crippen LogP contribution in [0.4, 0.5) is 4.79 Å². The van der Waals surface area contributed by atoms with E-state index in [0.29, 0.717) is 12.3 Å². The molecule has 2 atom stereocenters. The Morgan fingerprint density at radius 2 is 1.95 bits per heavy atom. The minimum Gasteiger partial charge on any atom is -0.481 e. The molecule has 1 amide bonds. The van der Waals surface area contributed by atoms with Gasteiger partial charge in [-0.3, -0.25) is 4.79 Å². The van der Waals surface area contributed by atoms with E-state index in [9.17, 15) is 9.59 Å². The Balaban J connectivity index is 2.34. The van der Waals surface area contributed by atoms with Crippen molar-refractivity contribution < 1.29 is 19.4 Å². The van der Waals surface area contributed by atoms with E-state index in [1.807, 2.05) is 44.2 Å². The van der Waals surface area contributed by atoms with Gasteiger partial charge in [0.2, 0.25) is 0 Å². The topological polar surface area (TPSA) is 75.6 Å². The molecule has 0 aromatic heterocycles. The molecule has 0 bridgehead atoms. The van der Waals surface area contributed by atoms with Crippen LogP contribution in [0.25, 0.3) is 0 Å². The second-order valence-electron chi connectivity index (χ2n) is 5.23. The quantitative estimate of drug-likeness (QED) is 0.772. The number of carbonyl (C=O) groups is 2. The number of amides is 1. The van der Waals surface area contributed by atoms with Crippen molar-refractivity contribution in [2.75, 3.05) is 6.54 Å². The fraction of sp³-hybridized carbons (Fsp3) is 0.500. The van der Waals surface area contributed by atoms with Crippen LogP contribution in [0.3, 0.4) is 0 Å². The SMILES string of the molecule is CC[C@@H](C)C[C@H](CNC(=O)OCc1ccccc1)C(=O)O. The lowest BCUT2D eigenvalue weighted by Crippen LogP contribution is -2.34. The smallest absolute Gasteiger partial charge is 0.407 e. The lowest BCUT2D eigenvalue weighted by Gasteiger charge is -2.16. The molecule has 0 unspecified atom stereocenters. The lowest BCUT2D eigenvalue weighted by molar-refractivity contribution is -0.142. The van der Waals surface area contributed by atoms with Crippen LogP contribution in [0.2, 0.25) is 0 Å². The zero-order chi connectivity index (χ0) is 15.7. The minimum absolute atomic E-state index is 0.0906. The number of hydrogen-bond donors (Lipinski definition) is 2. The molecule has 5 nitrogen and oxygen atoms in total. The van der Waals surface area contributed by atoms with Crippen LogP contribution >= 0.6 is 0 Å². The van der Waals surface area contributed by atoms with Gasteiger partial charge in [-0.15, -0.1) is 0 Å². The van der Waals surface area contributed by atoms with Crippen molar-refractivity contribution in [1.82, 2.24) is 5.32 Å². The van der Waals surface area contributed by atoms with Crippen molar-refractivity contribution in [2.45, 2.75) is 33.3 Å². The molecule has 0 saturated heterocycles. The summed E-state index contributed by atoms with van der Waals surface area (Å²) in [5.74, 6) is -1.16. The number of carboxylic acids is 1. The number of benzene rings is 1. The highest BCUT2D eigenvalue weighted by molar-refractivity contribution is 5.72. The highest BCUT2D eigenvalue weighted by Gasteiger charge is 2.20. The standard InChI is InChI=1S/C16H23NO4/c1-3-12(2)9-14(15(18)19)10-17-16(20)21-11-13-7-5-4-6-8-13/h4-8,12,14H,3,9-11H2,1-2H3,(H,17,20)(H,18,19)/t12-,14-/m1/s1. The Kier molecular flexibility index (Phi) is 7.29. The van der Waals surface area contributed by atoms with E-state index in [0.717, 1.165) is 12.0 Å². The number of aliphatic carboxylic acids is 1. The Labute approximate surface area is 125 Å². The molecule has 0 heterocycles. The van der Waals surface area contributed by atoms with E-state index < -0.39 is 18.0 Å². The summed E-state index contributed by atoms with van der Waals surface area (Å²) >= 11 is 0. The monoisotopic (exact) mass is 293 g/mol.